The third-order valence-electron chi connectivity index (χ3n) is 3.44. The zero-order valence-corrected chi connectivity index (χ0v) is 13.2. The van der Waals surface area contributed by atoms with Gasteiger partial charge in [0, 0.05) is 0 Å². The van der Waals surface area contributed by atoms with E-state index in [1.165, 1.54) is 13.4 Å². The number of aromatic nitrogens is 6. The Labute approximate surface area is 132 Å². The van der Waals surface area contributed by atoms with Gasteiger partial charge in [0.15, 0.2) is 5.65 Å². The molecule has 3 aromatic heterocycles. The first-order valence-corrected chi connectivity index (χ1v) is 6.94. The van der Waals surface area contributed by atoms with Gasteiger partial charge in [-0.1, -0.05) is 0 Å². The van der Waals surface area contributed by atoms with Gasteiger partial charge in [-0.3, -0.25) is 4.68 Å². The number of fused-ring (bicyclic) bond motifs is 1. The summed E-state index contributed by atoms with van der Waals surface area (Å²) in [5.41, 5.74) is 1.84. The predicted octanol–water partition coefficient (Wildman–Crippen LogP) is 1.87. The van der Waals surface area contributed by atoms with Crippen LogP contribution in [0.15, 0.2) is 12.5 Å². The second-order valence-corrected chi connectivity index (χ2v) is 5.53. The Hall–Kier alpha value is -3.15. The summed E-state index contributed by atoms with van der Waals surface area (Å²) in [5.74, 6) is 0.747. The number of nitrogens with zero attached hydrogens (tertiary/aromatic N) is 6. The third-order valence-corrected chi connectivity index (χ3v) is 3.44. The fourth-order valence-corrected chi connectivity index (χ4v) is 2.05. The first-order chi connectivity index (χ1) is 10.9. The number of hydrogen-bond donors (Lipinski definition) is 2. The lowest BCUT2D eigenvalue weighted by atomic mass is 10.1. The first-order valence-electron chi connectivity index (χ1n) is 6.94. The standard InChI is InChI=1S/C14H16N8O/c1-8-9(5-22(21-8)14(2,3)6-15)18-13-19-11-10(16-7-17-11)12(20-13)23-4/h5,7H,1-4H3,(H2,16,17,18,19,20). The number of methoxy groups -OCH3 is 1. The molecule has 3 aromatic rings. The molecule has 0 fully saturated rings. The Bertz CT molecular complexity index is 901. The van der Waals surface area contributed by atoms with Crippen molar-refractivity contribution in [3.05, 3.63) is 18.2 Å². The largest absolute Gasteiger partial charge is 0.479 e. The van der Waals surface area contributed by atoms with Gasteiger partial charge in [-0.15, -0.1) is 0 Å². The van der Waals surface area contributed by atoms with E-state index in [1.54, 1.807) is 24.7 Å². The van der Waals surface area contributed by atoms with Crippen LogP contribution in [0.3, 0.4) is 0 Å². The molecule has 0 saturated heterocycles. The quantitative estimate of drug-likeness (QED) is 0.755. The predicted molar refractivity (Wildman–Crippen MR) is 83.4 cm³/mol. The van der Waals surface area contributed by atoms with Crippen molar-refractivity contribution in [3.63, 3.8) is 0 Å². The number of hydrogen-bond acceptors (Lipinski definition) is 7. The molecule has 3 heterocycles. The van der Waals surface area contributed by atoms with E-state index >= 15 is 0 Å². The minimum absolute atomic E-state index is 0.346. The monoisotopic (exact) mass is 312 g/mol. The molecule has 3 rings (SSSR count). The Balaban J connectivity index is 1.98. The molecule has 0 aliphatic heterocycles. The zero-order valence-electron chi connectivity index (χ0n) is 13.2. The maximum Gasteiger partial charge on any atom is 0.244 e. The van der Waals surface area contributed by atoms with Gasteiger partial charge in [0.2, 0.25) is 11.8 Å². The van der Waals surface area contributed by atoms with Crippen molar-refractivity contribution >= 4 is 22.8 Å². The molecule has 0 bridgehead atoms. The molecule has 0 saturated carbocycles. The van der Waals surface area contributed by atoms with Gasteiger partial charge in [0.1, 0.15) is 11.1 Å². The van der Waals surface area contributed by atoms with Gasteiger partial charge in [-0.25, -0.2) is 4.98 Å². The van der Waals surface area contributed by atoms with E-state index in [0.717, 1.165) is 5.69 Å². The number of imidazole rings is 1. The van der Waals surface area contributed by atoms with Crippen LogP contribution in [0.25, 0.3) is 11.2 Å². The number of aryl methyl sites for hydroxylation is 1. The maximum absolute atomic E-state index is 9.22. The Kier molecular flexibility index (Phi) is 3.37. The summed E-state index contributed by atoms with van der Waals surface area (Å²) in [5, 5.41) is 16.7. The van der Waals surface area contributed by atoms with E-state index < -0.39 is 5.54 Å². The minimum atomic E-state index is -0.741. The molecule has 0 spiro atoms. The van der Waals surface area contributed by atoms with Gasteiger partial charge < -0.3 is 15.0 Å². The summed E-state index contributed by atoms with van der Waals surface area (Å²) in [4.78, 5) is 15.7. The third kappa shape index (κ3) is 2.55. The summed E-state index contributed by atoms with van der Waals surface area (Å²) in [6, 6.07) is 2.21. The van der Waals surface area contributed by atoms with Crippen molar-refractivity contribution in [2.24, 2.45) is 0 Å². The highest BCUT2D eigenvalue weighted by molar-refractivity contribution is 5.77. The lowest BCUT2D eigenvalue weighted by Gasteiger charge is -2.15. The molecule has 9 nitrogen and oxygen atoms in total. The highest BCUT2D eigenvalue weighted by atomic mass is 16.5. The summed E-state index contributed by atoms with van der Waals surface area (Å²) in [6.07, 6.45) is 3.29. The number of ether oxygens (including phenoxy) is 1. The zero-order chi connectivity index (χ0) is 16.6. The Morgan fingerprint density at radius 3 is 2.87 bits per heavy atom. The van der Waals surface area contributed by atoms with Crippen molar-refractivity contribution in [1.82, 2.24) is 29.7 Å². The van der Waals surface area contributed by atoms with E-state index in [2.05, 4.69) is 36.4 Å². The molecule has 0 aliphatic rings. The highest BCUT2D eigenvalue weighted by Gasteiger charge is 2.22. The van der Waals surface area contributed by atoms with Gasteiger partial charge in [-0.2, -0.15) is 20.3 Å². The van der Waals surface area contributed by atoms with Crippen molar-refractivity contribution in [2.45, 2.75) is 26.3 Å². The normalized spacial score (nSPS) is 11.4. The number of nitriles is 1. The van der Waals surface area contributed by atoms with E-state index in [0.29, 0.717) is 28.7 Å². The van der Waals surface area contributed by atoms with Crippen molar-refractivity contribution in [1.29, 1.82) is 5.26 Å². The molecular formula is C14H16N8O. The molecular weight excluding hydrogens is 296 g/mol. The number of rotatable bonds is 4. The topological polar surface area (TPSA) is 117 Å². The molecule has 118 valence electrons. The molecule has 2 N–H and O–H groups in total. The molecule has 0 aliphatic carbocycles. The van der Waals surface area contributed by atoms with Crippen LogP contribution in [0, 0.1) is 18.3 Å². The average molecular weight is 312 g/mol. The van der Waals surface area contributed by atoms with Gasteiger partial charge in [0.05, 0.1) is 37.1 Å². The van der Waals surface area contributed by atoms with Gasteiger partial charge >= 0.3 is 0 Å². The fourth-order valence-electron chi connectivity index (χ4n) is 2.05. The maximum atomic E-state index is 9.22. The van der Waals surface area contributed by atoms with E-state index in [9.17, 15) is 5.26 Å². The van der Waals surface area contributed by atoms with Crippen LogP contribution < -0.4 is 10.1 Å². The van der Waals surface area contributed by atoms with Crippen LogP contribution in [0.5, 0.6) is 5.88 Å². The molecule has 0 unspecified atom stereocenters. The average Bonchev–Trinajstić information content (AvgIpc) is 3.14. The van der Waals surface area contributed by atoms with Crippen molar-refractivity contribution in [2.75, 3.05) is 12.4 Å². The summed E-state index contributed by atoms with van der Waals surface area (Å²) >= 11 is 0. The van der Waals surface area contributed by atoms with Gasteiger partial charge in [0.25, 0.3) is 0 Å². The summed E-state index contributed by atoms with van der Waals surface area (Å²) in [6.45, 7) is 5.42. The lowest BCUT2D eigenvalue weighted by Crippen LogP contribution is -2.24. The molecule has 0 atom stereocenters. The second kappa shape index (κ2) is 5.24. The molecule has 0 radical (unpaired) electrons. The smallest absolute Gasteiger partial charge is 0.244 e. The lowest BCUT2D eigenvalue weighted by molar-refractivity contribution is 0.402. The molecule has 0 aromatic carbocycles. The summed E-state index contributed by atoms with van der Waals surface area (Å²) < 4.78 is 6.85. The van der Waals surface area contributed by atoms with Gasteiger partial charge in [-0.05, 0) is 20.8 Å². The number of H-pyrrole nitrogens is 1. The van der Waals surface area contributed by atoms with E-state index in [-0.39, 0.29) is 0 Å². The second-order valence-electron chi connectivity index (χ2n) is 5.53. The van der Waals surface area contributed by atoms with Crippen LogP contribution >= 0.6 is 0 Å². The van der Waals surface area contributed by atoms with Crippen LogP contribution in [-0.4, -0.2) is 36.8 Å². The Morgan fingerprint density at radius 2 is 2.17 bits per heavy atom. The SMILES string of the molecule is COc1nc(Nc2cn(C(C)(C)C#N)nc2C)nc2nc[nH]c12. The number of aromatic amines is 1. The fraction of sp³-hybridized carbons (Fsp3) is 0.357. The molecule has 0 amide bonds. The van der Waals surface area contributed by atoms with E-state index in [1.807, 2.05) is 6.92 Å². The van der Waals surface area contributed by atoms with Crippen molar-refractivity contribution in [3.8, 4) is 11.9 Å². The van der Waals surface area contributed by atoms with Crippen LogP contribution in [0.1, 0.15) is 19.5 Å². The number of anilines is 2. The molecule has 9 heteroatoms. The van der Waals surface area contributed by atoms with Crippen molar-refractivity contribution < 1.29 is 4.74 Å². The first kappa shape index (κ1) is 14.8. The Morgan fingerprint density at radius 1 is 1.39 bits per heavy atom. The van der Waals surface area contributed by atoms with Crippen LogP contribution in [0.2, 0.25) is 0 Å². The molecule has 23 heavy (non-hydrogen) atoms. The number of nitrogens with one attached hydrogen (secondary N) is 2. The van der Waals surface area contributed by atoms with E-state index in [4.69, 9.17) is 4.74 Å². The summed E-state index contributed by atoms with van der Waals surface area (Å²) in [7, 11) is 1.53. The van der Waals surface area contributed by atoms with Crippen LogP contribution in [0.4, 0.5) is 11.6 Å². The highest BCUT2D eigenvalue weighted by Crippen LogP contribution is 2.25. The minimum Gasteiger partial charge on any atom is -0.479 e. The van der Waals surface area contributed by atoms with Crippen LogP contribution in [-0.2, 0) is 5.54 Å².